The summed E-state index contributed by atoms with van der Waals surface area (Å²) in [7, 11) is 0. The third-order valence-electron chi connectivity index (χ3n) is 6.03. The second kappa shape index (κ2) is 10.5. The highest BCUT2D eigenvalue weighted by atomic mass is 19.4. The van der Waals surface area contributed by atoms with Gasteiger partial charge in [0.15, 0.2) is 0 Å². The minimum Gasteiger partial charge on any atom is -0.361 e. The van der Waals surface area contributed by atoms with Crippen LogP contribution in [0, 0.1) is 5.82 Å². The molecule has 0 aliphatic carbocycles. The summed E-state index contributed by atoms with van der Waals surface area (Å²) in [5, 5.41) is 4.06. The first-order valence-electron chi connectivity index (χ1n) is 11.2. The standard InChI is InChI=1S/C25H27F4N3O/c26-21-10-8-19(9-11-21)24-17-22(33-30-24)6-3-4-12-31-13-15-32(16-14-31)18-20-5-1-2-7-23(20)25(27,28)29/h1-2,5,7-11,17H,3-4,6,12-16,18H2. The first kappa shape index (κ1) is 23.4. The molecule has 33 heavy (non-hydrogen) atoms. The Balaban J connectivity index is 1.17. The Morgan fingerprint density at radius 3 is 2.30 bits per heavy atom. The lowest BCUT2D eigenvalue weighted by Gasteiger charge is -2.35. The van der Waals surface area contributed by atoms with E-state index in [1.54, 1.807) is 24.3 Å². The van der Waals surface area contributed by atoms with Crippen LogP contribution in [0.1, 0.15) is 29.7 Å². The van der Waals surface area contributed by atoms with E-state index in [-0.39, 0.29) is 5.82 Å². The first-order valence-corrected chi connectivity index (χ1v) is 11.2. The molecule has 0 amide bonds. The summed E-state index contributed by atoms with van der Waals surface area (Å²) in [6.07, 6.45) is -1.58. The van der Waals surface area contributed by atoms with Gasteiger partial charge in [-0.2, -0.15) is 13.2 Å². The number of alkyl halides is 3. The number of hydrogen-bond donors (Lipinski definition) is 0. The van der Waals surface area contributed by atoms with Crippen molar-refractivity contribution in [1.82, 2.24) is 15.0 Å². The predicted octanol–water partition coefficient (Wildman–Crippen LogP) is 5.64. The number of halogens is 4. The molecule has 2 aromatic carbocycles. The maximum absolute atomic E-state index is 13.2. The molecule has 0 unspecified atom stereocenters. The Bertz CT molecular complexity index is 1020. The molecule has 4 nitrogen and oxygen atoms in total. The van der Waals surface area contributed by atoms with Crippen molar-refractivity contribution in [2.24, 2.45) is 0 Å². The van der Waals surface area contributed by atoms with Gasteiger partial charge in [-0.3, -0.25) is 4.90 Å². The molecule has 1 fully saturated rings. The van der Waals surface area contributed by atoms with Crippen LogP contribution in [-0.2, 0) is 19.1 Å². The number of unbranched alkanes of at least 4 members (excludes halogenated alkanes) is 1. The van der Waals surface area contributed by atoms with Crippen LogP contribution in [-0.4, -0.2) is 47.7 Å². The zero-order valence-corrected chi connectivity index (χ0v) is 18.3. The smallest absolute Gasteiger partial charge is 0.361 e. The highest BCUT2D eigenvalue weighted by molar-refractivity contribution is 5.58. The number of aromatic nitrogens is 1. The van der Waals surface area contributed by atoms with E-state index in [0.717, 1.165) is 69.4 Å². The van der Waals surface area contributed by atoms with Gasteiger partial charge in [0, 0.05) is 50.8 Å². The van der Waals surface area contributed by atoms with E-state index in [2.05, 4.69) is 15.0 Å². The van der Waals surface area contributed by atoms with Crippen LogP contribution >= 0.6 is 0 Å². The van der Waals surface area contributed by atoms with E-state index in [1.807, 2.05) is 6.07 Å². The number of rotatable bonds is 8. The van der Waals surface area contributed by atoms with Crippen LogP contribution < -0.4 is 0 Å². The van der Waals surface area contributed by atoms with Crippen LogP contribution in [0.5, 0.6) is 0 Å². The highest BCUT2D eigenvalue weighted by Gasteiger charge is 2.33. The molecule has 0 atom stereocenters. The fourth-order valence-corrected chi connectivity index (χ4v) is 4.17. The molecule has 0 N–H and O–H groups in total. The average Bonchev–Trinajstić information content (AvgIpc) is 3.27. The molecule has 3 aromatic rings. The molecular weight excluding hydrogens is 434 g/mol. The van der Waals surface area contributed by atoms with Gasteiger partial charge < -0.3 is 9.42 Å². The molecule has 1 aliphatic rings. The monoisotopic (exact) mass is 461 g/mol. The normalized spacial score (nSPS) is 15.8. The molecule has 2 heterocycles. The van der Waals surface area contributed by atoms with Crippen LogP contribution in [0.25, 0.3) is 11.3 Å². The number of benzene rings is 2. The maximum Gasteiger partial charge on any atom is 0.416 e. The number of hydrogen-bond acceptors (Lipinski definition) is 4. The van der Waals surface area contributed by atoms with Gasteiger partial charge >= 0.3 is 6.18 Å². The van der Waals surface area contributed by atoms with E-state index in [0.29, 0.717) is 17.8 Å². The second-order valence-electron chi connectivity index (χ2n) is 8.42. The van der Waals surface area contributed by atoms with Gasteiger partial charge in [-0.15, -0.1) is 0 Å². The molecule has 1 aliphatic heterocycles. The van der Waals surface area contributed by atoms with Gasteiger partial charge in [-0.25, -0.2) is 4.39 Å². The molecule has 8 heteroatoms. The Morgan fingerprint density at radius 1 is 0.879 bits per heavy atom. The fraction of sp³-hybridized carbons (Fsp3) is 0.400. The Morgan fingerprint density at radius 2 is 1.58 bits per heavy atom. The van der Waals surface area contributed by atoms with Crippen molar-refractivity contribution in [3.63, 3.8) is 0 Å². The molecule has 0 saturated carbocycles. The van der Waals surface area contributed by atoms with Gasteiger partial charge in [-0.1, -0.05) is 23.4 Å². The van der Waals surface area contributed by atoms with E-state index in [4.69, 9.17) is 4.52 Å². The van der Waals surface area contributed by atoms with Crippen molar-refractivity contribution in [1.29, 1.82) is 0 Å². The lowest BCUT2D eigenvalue weighted by molar-refractivity contribution is -0.138. The summed E-state index contributed by atoms with van der Waals surface area (Å²) in [6, 6.07) is 13.9. The van der Waals surface area contributed by atoms with Gasteiger partial charge in [0.1, 0.15) is 17.3 Å². The average molecular weight is 462 g/mol. The van der Waals surface area contributed by atoms with E-state index >= 15 is 0 Å². The van der Waals surface area contributed by atoms with Crippen molar-refractivity contribution in [3.05, 3.63) is 77.3 Å². The van der Waals surface area contributed by atoms with E-state index in [9.17, 15) is 17.6 Å². The molecule has 176 valence electrons. The fourth-order valence-electron chi connectivity index (χ4n) is 4.17. The predicted molar refractivity (Wildman–Crippen MR) is 118 cm³/mol. The molecule has 4 rings (SSSR count). The third kappa shape index (κ3) is 6.42. The minimum atomic E-state index is -4.32. The first-order chi connectivity index (χ1) is 15.9. The highest BCUT2D eigenvalue weighted by Crippen LogP contribution is 2.32. The maximum atomic E-state index is 13.2. The lowest BCUT2D eigenvalue weighted by atomic mass is 10.1. The molecular formula is C25H27F4N3O. The summed E-state index contributed by atoms with van der Waals surface area (Å²) in [5.41, 5.74) is 1.32. The second-order valence-corrected chi connectivity index (χ2v) is 8.42. The van der Waals surface area contributed by atoms with Crippen LogP contribution in [0.4, 0.5) is 17.6 Å². The van der Waals surface area contributed by atoms with Gasteiger partial charge in [-0.05, 0) is 55.3 Å². The van der Waals surface area contributed by atoms with Crippen LogP contribution in [0.15, 0.2) is 59.1 Å². The molecule has 0 spiro atoms. The molecule has 1 aromatic heterocycles. The quantitative estimate of drug-likeness (QED) is 0.321. The van der Waals surface area contributed by atoms with Crippen LogP contribution in [0.3, 0.4) is 0 Å². The third-order valence-corrected chi connectivity index (χ3v) is 6.03. The Hall–Kier alpha value is -2.71. The summed E-state index contributed by atoms with van der Waals surface area (Å²) in [5.74, 6) is 0.525. The van der Waals surface area contributed by atoms with Crippen LogP contribution in [0.2, 0.25) is 0 Å². The summed E-state index contributed by atoms with van der Waals surface area (Å²) in [4.78, 5) is 4.45. The van der Waals surface area contributed by atoms with Gasteiger partial charge in [0.25, 0.3) is 0 Å². The van der Waals surface area contributed by atoms with Crippen molar-refractivity contribution in [3.8, 4) is 11.3 Å². The SMILES string of the molecule is Fc1ccc(-c2cc(CCCCN3CCN(Cc4ccccc4C(F)(F)F)CC3)on2)cc1. The molecule has 0 bridgehead atoms. The topological polar surface area (TPSA) is 32.5 Å². The lowest BCUT2D eigenvalue weighted by Crippen LogP contribution is -2.46. The summed E-state index contributed by atoms with van der Waals surface area (Å²) >= 11 is 0. The van der Waals surface area contributed by atoms with E-state index in [1.165, 1.54) is 18.2 Å². The zero-order chi connectivity index (χ0) is 23.3. The number of nitrogens with zero attached hydrogens (tertiary/aromatic N) is 3. The van der Waals surface area contributed by atoms with E-state index < -0.39 is 11.7 Å². The minimum absolute atomic E-state index is 0.283. The molecule has 0 radical (unpaired) electrons. The van der Waals surface area contributed by atoms with Crippen molar-refractivity contribution in [2.45, 2.75) is 32.0 Å². The zero-order valence-electron chi connectivity index (χ0n) is 18.3. The van der Waals surface area contributed by atoms with Crippen molar-refractivity contribution in [2.75, 3.05) is 32.7 Å². The Kier molecular flexibility index (Phi) is 7.45. The van der Waals surface area contributed by atoms with Crippen molar-refractivity contribution < 1.29 is 22.1 Å². The summed E-state index contributed by atoms with van der Waals surface area (Å²) in [6.45, 7) is 4.50. The number of aryl methyl sites for hydroxylation is 1. The number of piperazine rings is 1. The Labute approximate surface area is 190 Å². The van der Waals surface area contributed by atoms with Crippen molar-refractivity contribution >= 4 is 0 Å². The largest absolute Gasteiger partial charge is 0.416 e. The van der Waals surface area contributed by atoms with Gasteiger partial charge in [0.05, 0.1) is 5.56 Å². The summed E-state index contributed by atoms with van der Waals surface area (Å²) < 4.78 is 58.1. The van der Waals surface area contributed by atoms with Gasteiger partial charge in [0.2, 0.25) is 0 Å². The molecule has 1 saturated heterocycles.